The van der Waals surface area contributed by atoms with Gasteiger partial charge in [-0.3, -0.25) is 0 Å². The van der Waals surface area contributed by atoms with Crippen LogP contribution >= 0.6 is 0 Å². The van der Waals surface area contributed by atoms with Crippen LogP contribution in [0.4, 0.5) is 0 Å². The molecule has 0 radical (unpaired) electrons. The summed E-state index contributed by atoms with van der Waals surface area (Å²) in [6, 6.07) is 6.38. The minimum Gasteiger partial charge on any atom is -0.388 e. The van der Waals surface area contributed by atoms with Gasteiger partial charge in [0.25, 0.3) is 0 Å². The van der Waals surface area contributed by atoms with Gasteiger partial charge in [0.2, 0.25) is 0 Å². The Balaban J connectivity index is 1.90. The lowest BCUT2D eigenvalue weighted by molar-refractivity contribution is 0.150. The first-order valence-corrected chi connectivity index (χ1v) is 7.42. The lowest BCUT2D eigenvalue weighted by atomic mass is 9.84. The lowest BCUT2D eigenvalue weighted by Gasteiger charge is -2.23. The van der Waals surface area contributed by atoms with Crippen LogP contribution in [0.5, 0.6) is 0 Å². The summed E-state index contributed by atoms with van der Waals surface area (Å²) >= 11 is 0. The van der Waals surface area contributed by atoms with Crippen LogP contribution in [0, 0.1) is 19.8 Å². The van der Waals surface area contributed by atoms with Crippen LogP contribution in [0.2, 0.25) is 0 Å². The highest BCUT2D eigenvalue weighted by Gasteiger charge is 2.16. The van der Waals surface area contributed by atoms with Crippen LogP contribution in [-0.2, 0) is 0 Å². The van der Waals surface area contributed by atoms with Crippen molar-refractivity contribution < 1.29 is 5.11 Å². The Morgan fingerprint density at radius 3 is 2.61 bits per heavy atom. The van der Waals surface area contributed by atoms with E-state index in [1.54, 1.807) is 0 Å². The Kier molecular flexibility index (Phi) is 4.82. The molecule has 2 rings (SSSR count). The van der Waals surface area contributed by atoms with Gasteiger partial charge in [0.1, 0.15) is 0 Å². The topological polar surface area (TPSA) is 20.2 Å². The number of hydrogen-bond acceptors (Lipinski definition) is 1. The number of rotatable bonds is 4. The van der Waals surface area contributed by atoms with Crippen molar-refractivity contribution in [2.45, 2.75) is 64.9 Å². The van der Waals surface area contributed by atoms with E-state index in [-0.39, 0.29) is 6.10 Å². The van der Waals surface area contributed by atoms with Crippen molar-refractivity contribution >= 4 is 0 Å². The summed E-state index contributed by atoms with van der Waals surface area (Å²) in [6.45, 7) is 4.19. The third kappa shape index (κ3) is 3.58. The summed E-state index contributed by atoms with van der Waals surface area (Å²) in [4.78, 5) is 0. The number of hydrogen-bond donors (Lipinski definition) is 1. The molecule has 0 spiro atoms. The molecule has 0 amide bonds. The molecule has 0 saturated heterocycles. The van der Waals surface area contributed by atoms with Gasteiger partial charge in [-0.1, -0.05) is 55.9 Å². The summed E-state index contributed by atoms with van der Waals surface area (Å²) < 4.78 is 0. The average Bonchev–Trinajstić information content (AvgIpc) is 2.40. The molecule has 0 bridgehead atoms. The highest BCUT2D eigenvalue weighted by atomic mass is 16.3. The summed E-state index contributed by atoms with van der Waals surface area (Å²) in [5.74, 6) is 0.860. The quantitative estimate of drug-likeness (QED) is 0.816. The van der Waals surface area contributed by atoms with E-state index in [1.807, 2.05) is 0 Å². The molecule has 1 aliphatic rings. The van der Waals surface area contributed by atoms with Gasteiger partial charge in [0, 0.05) is 0 Å². The Bertz CT molecular complexity index is 377. The summed E-state index contributed by atoms with van der Waals surface area (Å²) in [5, 5.41) is 10.4. The second-order valence-electron chi connectivity index (χ2n) is 5.96. The standard InChI is InChI=1S/C17H26O/c1-13-8-9-14(2)16(12-13)17(18)11-10-15-6-4-3-5-7-15/h8-9,12,15,17-18H,3-7,10-11H2,1-2H3. The normalized spacial score (nSPS) is 18.8. The van der Waals surface area contributed by atoms with Crippen LogP contribution in [0.3, 0.4) is 0 Å². The molecule has 0 aliphatic heterocycles. The zero-order valence-corrected chi connectivity index (χ0v) is 11.8. The number of aliphatic hydroxyl groups excluding tert-OH is 1. The van der Waals surface area contributed by atoms with Crippen molar-refractivity contribution in [3.05, 3.63) is 34.9 Å². The molecule has 1 heteroatoms. The molecular formula is C17H26O. The van der Waals surface area contributed by atoms with Crippen molar-refractivity contribution in [1.29, 1.82) is 0 Å². The van der Waals surface area contributed by atoms with E-state index >= 15 is 0 Å². The molecule has 1 aliphatic carbocycles. The van der Waals surface area contributed by atoms with Crippen molar-refractivity contribution in [3.8, 4) is 0 Å². The van der Waals surface area contributed by atoms with Gasteiger partial charge >= 0.3 is 0 Å². The number of aliphatic hydroxyl groups is 1. The van der Waals surface area contributed by atoms with Crippen LogP contribution in [-0.4, -0.2) is 5.11 Å². The fourth-order valence-electron chi connectivity index (χ4n) is 3.14. The van der Waals surface area contributed by atoms with Gasteiger partial charge in [0.05, 0.1) is 6.10 Å². The highest BCUT2D eigenvalue weighted by Crippen LogP contribution is 2.31. The van der Waals surface area contributed by atoms with Gasteiger partial charge in [-0.2, -0.15) is 0 Å². The fraction of sp³-hybridized carbons (Fsp3) is 0.647. The zero-order chi connectivity index (χ0) is 13.0. The molecule has 1 aromatic rings. The predicted molar refractivity (Wildman–Crippen MR) is 76.7 cm³/mol. The summed E-state index contributed by atoms with van der Waals surface area (Å²) in [7, 11) is 0. The fourth-order valence-corrected chi connectivity index (χ4v) is 3.14. The molecule has 1 atom stereocenters. The van der Waals surface area contributed by atoms with Gasteiger partial charge < -0.3 is 5.11 Å². The number of aryl methyl sites for hydroxylation is 2. The lowest BCUT2D eigenvalue weighted by Crippen LogP contribution is -2.09. The molecule has 1 nitrogen and oxygen atoms in total. The van der Waals surface area contributed by atoms with Crippen molar-refractivity contribution in [2.75, 3.05) is 0 Å². The minimum atomic E-state index is -0.271. The molecule has 1 N–H and O–H groups in total. The maximum absolute atomic E-state index is 10.4. The third-order valence-electron chi connectivity index (χ3n) is 4.37. The molecule has 18 heavy (non-hydrogen) atoms. The summed E-state index contributed by atoms with van der Waals surface area (Å²) in [5.41, 5.74) is 3.59. The van der Waals surface area contributed by atoms with Crippen LogP contribution in [0.1, 0.15) is 67.7 Å². The first-order chi connectivity index (χ1) is 8.66. The van der Waals surface area contributed by atoms with Crippen LogP contribution < -0.4 is 0 Å². The monoisotopic (exact) mass is 246 g/mol. The van der Waals surface area contributed by atoms with E-state index < -0.39 is 0 Å². The van der Waals surface area contributed by atoms with Crippen LogP contribution in [0.25, 0.3) is 0 Å². The molecule has 1 aromatic carbocycles. The van der Waals surface area contributed by atoms with E-state index in [4.69, 9.17) is 0 Å². The van der Waals surface area contributed by atoms with E-state index in [9.17, 15) is 5.11 Å². The maximum Gasteiger partial charge on any atom is 0.0792 e. The molecule has 1 fully saturated rings. The second-order valence-corrected chi connectivity index (χ2v) is 5.96. The Labute approximate surface area is 111 Å². The molecular weight excluding hydrogens is 220 g/mol. The van der Waals surface area contributed by atoms with E-state index in [0.717, 1.165) is 17.9 Å². The third-order valence-corrected chi connectivity index (χ3v) is 4.37. The van der Waals surface area contributed by atoms with Gasteiger partial charge in [-0.05, 0) is 43.7 Å². The molecule has 100 valence electrons. The zero-order valence-electron chi connectivity index (χ0n) is 11.8. The van der Waals surface area contributed by atoms with Gasteiger partial charge in [-0.25, -0.2) is 0 Å². The number of benzene rings is 1. The van der Waals surface area contributed by atoms with E-state index in [1.165, 1.54) is 49.7 Å². The van der Waals surface area contributed by atoms with Crippen molar-refractivity contribution in [2.24, 2.45) is 5.92 Å². The first kappa shape index (κ1) is 13.6. The average molecular weight is 246 g/mol. The SMILES string of the molecule is Cc1ccc(C)c(C(O)CCC2CCCCC2)c1. The first-order valence-electron chi connectivity index (χ1n) is 7.42. The van der Waals surface area contributed by atoms with Crippen molar-refractivity contribution in [3.63, 3.8) is 0 Å². The molecule has 1 saturated carbocycles. The molecule has 1 unspecified atom stereocenters. The Morgan fingerprint density at radius 2 is 1.89 bits per heavy atom. The van der Waals surface area contributed by atoms with Gasteiger partial charge in [0.15, 0.2) is 0 Å². The van der Waals surface area contributed by atoms with Crippen molar-refractivity contribution in [1.82, 2.24) is 0 Å². The Hall–Kier alpha value is -0.820. The molecule has 0 aromatic heterocycles. The second kappa shape index (κ2) is 6.38. The highest BCUT2D eigenvalue weighted by molar-refractivity contribution is 5.32. The predicted octanol–water partition coefficient (Wildman–Crippen LogP) is 4.70. The smallest absolute Gasteiger partial charge is 0.0792 e. The minimum absolute atomic E-state index is 0.271. The van der Waals surface area contributed by atoms with E-state index in [0.29, 0.717) is 0 Å². The van der Waals surface area contributed by atoms with Crippen LogP contribution in [0.15, 0.2) is 18.2 Å². The largest absolute Gasteiger partial charge is 0.388 e. The van der Waals surface area contributed by atoms with E-state index in [2.05, 4.69) is 32.0 Å². The Morgan fingerprint density at radius 1 is 1.17 bits per heavy atom. The van der Waals surface area contributed by atoms with Gasteiger partial charge in [-0.15, -0.1) is 0 Å². The summed E-state index contributed by atoms with van der Waals surface area (Å²) in [6.07, 6.45) is 8.79. The molecule has 0 heterocycles. The maximum atomic E-state index is 10.4.